The number of esters is 6. The third-order valence-electron chi connectivity index (χ3n) is 4.62. The van der Waals surface area contributed by atoms with Crippen molar-refractivity contribution in [2.24, 2.45) is 0 Å². The highest BCUT2D eigenvalue weighted by atomic mass is 16.6. The Kier molecular flexibility index (Phi) is 7.53. The minimum atomic E-state index is -3.10. The summed E-state index contributed by atoms with van der Waals surface area (Å²) in [6, 6.07) is 0. The molecular formula is C16H20O16. The van der Waals surface area contributed by atoms with E-state index in [0.29, 0.717) is 0 Å². The van der Waals surface area contributed by atoms with E-state index in [-0.39, 0.29) is 0 Å². The quantitative estimate of drug-likeness (QED) is 0.171. The van der Waals surface area contributed by atoms with Gasteiger partial charge in [0, 0.05) is 0 Å². The first-order chi connectivity index (χ1) is 14.7. The number of rotatable bonds is 4. The average molecular weight is 468 g/mol. The fourth-order valence-electron chi connectivity index (χ4n) is 2.65. The molecule has 2 heterocycles. The van der Waals surface area contributed by atoms with Gasteiger partial charge in [-0.2, -0.15) is 0 Å². The highest BCUT2D eigenvalue weighted by Crippen LogP contribution is 2.34. The van der Waals surface area contributed by atoms with Crippen LogP contribution >= 0.6 is 0 Å². The van der Waals surface area contributed by atoms with E-state index in [2.05, 4.69) is 28.4 Å². The van der Waals surface area contributed by atoms with Gasteiger partial charge in [-0.3, -0.25) is 0 Å². The van der Waals surface area contributed by atoms with Gasteiger partial charge in [-0.15, -0.1) is 0 Å². The molecule has 2 aliphatic heterocycles. The van der Waals surface area contributed by atoms with Crippen LogP contribution in [0.5, 0.6) is 0 Å². The van der Waals surface area contributed by atoms with Crippen molar-refractivity contribution in [1.29, 1.82) is 0 Å². The Morgan fingerprint density at radius 1 is 0.625 bits per heavy atom. The molecule has 0 saturated carbocycles. The molecule has 16 nitrogen and oxygen atoms in total. The molecular weight excluding hydrogens is 448 g/mol. The second kappa shape index (κ2) is 9.03. The second-order valence-corrected chi connectivity index (χ2v) is 6.26. The van der Waals surface area contributed by atoms with Crippen molar-refractivity contribution >= 4 is 35.8 Å². The molecule has 2 rings (SSSR count). The number of carbonyl (C=O) groups excluding carboxylic acids is 6. The molecule has 0 aromatic carbocycles. The topological polar surface area (TPSA) is 239 Å². The van der Waals surface area contributed by atoms with Crippen molar-refractivity contribution in [1.82, 2.24) is 0 Å². The summed E-state index contributed by atoms with van der Waals surface area (Å²) in [7, 11) is 3.59. The molecule has 0 aliphatic carbocycles. The zero-order chi connectivity index (χ0) is 25.1. The molecule has 2 fully saturated rings. The molecule has 4 N–H and O–H groups in total. The maximum absolute atomic E-state index is 11.2. The Bertz CT molecular complexity index is 768. The van der Waals surface area contributed by atoms with Crippen molar-refractivity contribution < 1.29 is 77.6 Å². The smallest absolute Gasteiger partial charge is 0.354 e. The summed E-state index contributed by atoms with van der Waals surface area (Å²) in [5.74, 6) is -8.66. The Morgan fingerprint density at radius 2 is 0.875 bits per heavy atom. The zero-order valence-corrected chi connectivity index (χ0v) is 17.1. The van der Waals surface area contributed by atoms with Crippen LogP contribution in [0.15, 0.2) is 0 Å². The van der Waals surface area contributed by atoms with Crippen LogP contribution in [0.3, 0.4) is 0 Å². The van der Waals surface area contributed by atoms with Gasteiger partial charge in [-0.05, 0) is 0 Å². The van der Waals surface area contributed by atoms with Gasteiger partial charge in [-0.25, -0.2) is 28.8 Å². The number of hydrogen-bond acceptors (Lipinski definition) is 16. The maximum atomic E-state index is 11.2. The zero-order valence-electron chi connectivity index (χ0n) is 17.1. The third kappa shape index (κ3) is 3.52. The molecule has 2 saturated heterocycles. The fourth-order valence-corrected chi connectivity index (χ4v) is 2.65. The molecule has 0 spiro atoms. The molecule has 0 amide bonds. The van der Waals surface area contributed by atoms with Gasteiger partial charge in [0.2, 0.25) is 11.2 Å². The van der Waals surface area contributed by atoms with Crippen LogP contribution in [0, 0.1) is 0 Å². The monoisotopic (exact) mass is 468 g/mol. The van der Waals surface area contributed by atoms with Crippen molar-refractivity contribution in [3.63, 3.8) is 0 Å². The number of carbonyl (C=O) groups is 6. The first kappa shape index (κ1) is 26.7. The second-order valence-electron chi connectivity index (χ2n) is 6.26. The lowest BCUT2D eigenvalue weighted by atomic mass is 9.85. The summed E-state index contributed by atoms with van der Waals surface area (Å²) < 4.78 is 25.2. The standard InChI is InChI=1S/2C8H10O8/c2*1-14-4(9)7(12)3-16-6(11)8(7,13)5(10)15-2/h2*12-13H,3H2,1-2H3/t2*7-,8+/m11/s1. The molecule has 32 heavy (non-hydrogen) atoms. The van der Waals surface area contributed by atoms with E-state index in [1.54, 1.807) is 0 Å². The van der Waals surface area contributed by atoms with Gasteiger partial charge >= 0.3 is 47.0 Å². The average Bonchev–Trinajstić information content (AvgIpc) is 3.19. The molecule has 4 atom stereocenters. The Balaban J connectivity index is 0.000000320. The fraction of sp³-hybridized carbons (Fsp3) is 0.625. The molecule has 2 aliphatic rings. The van der Waals surface area contributed by atoms with Crippen LogP contribution in [0.4, 0.5) is 0 Å². The molecule has 0 aromatic rings. The molecule has 180 valence electrons. The van der Waals surface area contributed by atoms with Crippen LogP contribution in [-0.4, -0.2) is 120 Å². The van der Waals surface area contributed by atoms with E-state index in [0.717, 1.165) is 28.4 Å². The summed E-state index contributed by atoms with van der Waals surface area (Å²) in [5, 5.41) is 39.1. The van der Waals surface area contributed by atoms with Gasteiger partial charge in [0.25, 0.3) is 0 Å². The summed E-state index contributed by atoms with van der Waals surface area (Å²) in [6.07, 6.45) is 0. The number of cyclic esters (lactones) is 2. The van der Waals surface area contributed by atoms with E-state index in [1.807, 2.05) is 0 Å². The number of aliphatic hydroxyl groups is 4. The normalized spacial score (nSPS) is 33.1. The maximum Gasteiger partial charge on any atom is 0.354 e. The van der Waals surface area contributed by atoms with Crippen LogP contribution in [0.2, 0.25) is 0 Å². The number of methoxy groups -OCH3 is 4. The van der Waals surface area contributed by atoms with Crippen molar-refractivity contribution in [2.45, 2.75) is 22.4 Å². The molecule has 0 bridgehead atoms. The van der Waals surface area contributed by atoms with Gasteiger partial charge in [0.15, 0.2) is 0 Å². The van der Waals surface area contributed by atoms with Gasteiger partial charge in [0.1, 0.15) is 13.2 Å². The van der Waals surface area contributed by atoms with Crippen LogP contribution in [0.25, 0.3) is 0 Å². The first-order valence-corrected chi connectivity index (χ1v) is 8.26. The first-order valence-electron chi connectivity index (χ1n) is 8.26. The minimum absolute atomic E-state index is 0.879. The largest absolute Gasteiger partial charge is 0.467 e. The van der Waals surface area contributed by atoms with Crippen molar-refractivity contribution in [3.8, 4) is 0 Å². The van der Waals surface area contributed by atoms with E-state index in [1.165, 1.54) is 0 Å². The van der Waals surface area contributed by atoms with Gasteiger partial charge in [0.05, 0.1) is 28.4 Å². The number of hydrogen-bond donors (Lipinski definition) is 4. The molecule has 0 radical (unpaired) electrons. The van der Waals surface area contributed by atoms with E-state index in [4.69, 9.17) is 0 Å². The summed E-state index contributed by atoms with van der Waals surface area (Å²) >= 11 is 0. The highest BCUT2D eigenvalue weighted by Gasteiger charge is 2.73. The lowest BCUT2D eigenvalue weighted by molar-refractivity contribution is -0.201. The third-order valence-corrected chi connectivity index (χ3v) is 4.62. The Labute approximate surface area is 178 Å². The van der Waals surface area contributed by atoms with Gasteiger partial charge < -0.3 is 48.8 Å². The van der Waals surface area contributed by atoms with Crippen LogP contribution in [0.1, 0.15) is 0 Å². The van der Waals surface area contributed by atoms with Crippen LogP contribution < -0.4 is 0 Å². The summed E-state index contributed by atoms with van der Waals surface area (Å²) in [5.41, 5.74) is -11.8. The van der Waals surface area contributed by atoms with Crippen LogP contribution in [-0.2, 0) is 57.2 Å². The summed E-state index contributed by atoms with van der Waals surface area (Å²) in [6.45, 7) is -1.77. The predicted octanol–water partition coefficient (Wildman–Crippen LogP) is -5.30. The molecule has 0 unspecified atom stereocenters. The number of ether oxygens (including phenoxy) is 6. The highest BCUT2D eigenvalue weighted by molar-refractivity contribution is 6.12. The van der Waals surface area contributed by atoms with Crippen molar-refractivity contribution in [2.75, 3.05) is 41.7 Å². The van der Waals surface area contributed by atoms with E-state index in [9.17, 15) is 49.2 Å². The van der Waals surface area contributed by atoms with E-state index < -0.39 is 71.4 Å². The summed E-state index contributed by atoms with van der Waals surface area (Å²) in [4.78, 5) is 67.4. The SMILES string of the molecule is COC(=O)[C@]1(O)C(=O)OC[C@@]1(O)C(=O)OC.COC(=O)[C@]1(O)C(=O)OC[C@@]1(O)C(=O)OC. The lowest BCUT2D eigenvalue weighted by Gasteiger charge is -2.27. The Hall–Kier alpha value is -3.34. The lowest BCUT2D eigenvalue weighted by Crippen LogP contribution is -2.65. The Morgan fingerprint density at radius 3 is 1.09 bits per heavy atom. The van der Waals surface area contributed by atoms with Crippen molar-refractivity contribution in [3.05, 3.63) is 0 Å². The van der Waals surface area contributed by atoms with Gasteiger partial charge in [-0.1, -0.05) is 0 Å². The minimum Gasteiger partial charge on any atom is -0.467 e. The predicted molar refractivity (Wildman–Crippen MR) is 89.8 cm³/mol. The van der Waals surface area contributed by atoms with E-state index >= 15 is 0 Å². The molecule has 0 aromatic heterocycles. The molecule has 16 heteroatoms.